The molecule has 0 saturated carbocycles. The highest BCUT2D eigenvalue weighted by molar-refractivity contribution is 6.12. The van der Waals surface area contributed by atoms with E-state index in [2.05, 4.69) is 5.10 Å². The quantitative estimate of drug-likeness (QED) is 0.475. The molecule has 0 fully saturated rings. The predicted octanol–water partition coefficient (Wildman–Crippen LogP) is 4.55. The number of carbonyl (C=O) groups excluding carboxylic acids is 1. The number of hydrogen-bond donors (Lipinski definition) is 0. The van der Waals surface area contributed by atoms with Gasteiger partial charge in [0.1, 0.15) is 5.76 Å². The summed E-state index contributed by atoms with van der Waals surface area (Å²) in [4.78, 5) is 28.2. The second-order valence-corrected chi connectivity index (χ2v) is 7.23. The topological polar surface area (TPSA) is 68.3 Å². The fraction of sp³-hybridized carbons (Fsp3) is 0.208. The number of furan rings is 1. The van der Waals surface area contributed by atoms with Crippen LogP contribution < -0.4 is 10.5 Å². The number of carbonyl (C=O) groups is 1. The number of aryl methyl sites for hydroxylation is 2. The van der Waals surface area contributed by atoms with E-state index in [1.807, 2.05) is 50.2 Å². The molecule has 0 aliphatic carbocycles. The van der Waals surface area contributed by atoms with Gasteiger partial charge in [0.15, 0.2) is 5.69 Å². The first-order chi connectivity index (χ1) is 14.6. The van der Waals surface area contributed by atoms with Crippen molar-refractivity contribution in [2.45, 2.75) is 33.4 Å². The molecule has 0 atom stereocenters. The summed E-state index contributed by atoms with van der Waals surface area (Å²) in [5.74, 6) is 0.381. The summed E-state index contributed by atoms with van der Waals surface area (Å²) in [7, 11) is 0. The zero-order valence-corrected chi connectivity index (χ0v) is 17.0. The molecule has 2 aromatic heterocycles. The third-order valence-corrected chi connectivity index (χ3v) is 4.99. The highest BCUT2D eigenvalue weighted by atomic mass is 16.3. The van der Waals surface area contributed by atoms with Gasteiger partial charge >= 0.3 is 0 Å². The predicted molar refractivity (Wildman–Crippen MR) is 117 cm³/mol. The van der Waals surface area contributed by atoms with Crippen LogP contribution in [0, 0.1) is 6.92 Å². The standard InChI is InChI=1S/C24H23N3O3/c1-3-14-27-23(28)21-9-5-4-8-20(21)22(25-27)24(29)26(16-19-7-6-15-30-19)18-12-10-17(2)11-13-18/h4-13,15H,3,14,16H2,1-2H3. The van der Waals surface area contributed by atoms with Crippen molar-refractivity contribution >= 4 is 22.4 Å². The van der Waals surface area contributed by atoms with E-state index in [-0.39, 0.29) is 23.7 Å². The van der Waals surface area contributed by atoms with Crippen molar-refractivity contribution in [1.82, 2.24) is 9.78 Å². The summed E-state index contributed by atoms with van der Waals surface area (Å²) >= 11 is 0. The van der Waals surface area contributed by atoms with E-state index in [0.717, 1.165) is 17.7 Å². The van der Waals surface area contributed by atoms with E-state index in [0.29, 0.717) is 23.1 Å². The van der Waals surface area contributed by atoms with Crippen LogP contribution in [0.1, 0.15) is 35.2 Å². The average molecular weight is 401 g/mol. The SMILES string of the molecule is CCCn1nc(C(=O)N(Cc2ccco2)c2ccc(C)cc2)c2ccccc2c1=O. The molecule has 30 heavy (non-hydrogen) atoms. The highest BCUT2D eigenvalue weighted by Crippen LogP contribution is 2.23. The number of hydrogen-bond acceptors (Lipinski definition) is 4. The van der Waals surface area contributed by atoms with Gasteiger partial charge in [0.25, 0.3) is 11.5 Å². The van der Waals surface area contributed by atoms with Crippen LogP contribution in [0.4, 0.5) is 5.69 Å². The zero-order valence-electron chi connectivity index (χ0n) is 17.0. The van der Waals surface area contributed by atoms with Crippen LogP contribution in [-0.2, 0) is 13.1 Å². The van der Waals surface area contributed by atoms with Gasteiger partial charge < -0.3 is 4.42 Å². The van der Waals surface area contributed by atoms with Gasteiger partial charge in [-0.15, -0.1) is 0 Å². The molecule has 4 rings (SSSR count). The molecule has 152 valence electrons. The largest absolute Gasteiger partial charge is 0.467 e. The summed E-state index contributed by atoms with van der Waals surface area (Å²) in [5.41, 5.74) is 1.91. The minimum atomic E-state index is -0.281. The molecule has 0 bridgehead atoms. The van der Waals surface area contributed by atoms with Gasteiger partial charge in [-0.1, -0.05) is 42.8 Å². The number of nitrogens with zero attached hydrogens (tertiary/aromatic N) is 3. The van der Waals surface area contributed by atoms with Gasteiger partial charge in [0.05, 0.1) is 18.2 Å². The number of anilines is 1. The lowest BCUT2D eigenvalue weighted by molar-refractivity contribution is 0.0978. The van der Waals surface area contributed by atoms with Crippen LogP contribution in [0.25, 0.3) is 10.8 Å². The van der Waals surface area contributed by atoms with Crippen LogP contribution in [-0.4, -0.2) is 15.7 Å². The second kappa shape index (κ2) is 8.37. The molecule has 2 aromatic carbocycles. The summed E-state index contributed by atoms with van der Waals surface area (Å²) in [6.45, 7) is 4.68. The molecule has 0 saturated heterocycles. The Balaban J connectivity index is 1.87. The van der Waals surface area contributed by atoms with Crippen molar-refractivity contribution in [3.05, 3.63) is 94.3 Å². The minimum Gasteiger partial charge on any atom is -0.467 e. The maximum Gasteiger partial charge on any atom is 0.279 e. The molecule has 1 amide bonds. The molecule has 0 aliphatic heterocycles. The van der Waals surface area contributed by atoms with E-state index in [1.165, 1.54) is 4.68 Å². The molecule has 6 nitrogen and oxygen atoms in total. The van der Waals surface area contributed by atoms with E-state index in [1.54, 1.807) is 35.4 Å². The van der Waals surface area contributed by atoms with Gasteiger partial charge in [0.2, 0.25) is 0 Å². The van der Waals surface area contributed by atoms with Crippen LogP contribution in [0.5, 0.6) is 0 Å². The lowest BCUT2D eigenvalue weighted by atomic mass is 10.1. The molecule has 2 heterocycles. The van der Waals surface area contributed by atoms with Crippen LogP contribution >= 0.6 is 0 Å². The monoisotopic (exact) mass is 401 g/mol. The second-order valence-electron chi connectivity index (χ2n) is 7.23. The Morgan fingerprint density at radius 1 is 1.03 bits per heavy atom. The van der Waals surface area contributed by atoms with E-state index in [4.69, 9.17) is 4.42 Å². The number of benzene rings is 2. The maximum absolute atomic E-state index is 13.7. The zero-order chi connectivity index (χ0) is 21.1. The summed E-state index contributed by atoms with van der Waals surface area (Å²) < 4.78 is 6.88. The van der Waals surface area contributed by atoms with Crippen molar-refractivity contribution in [3.63, 3.8) is 0 Å². The van der Waals surface area contributed by atoms with E-state index in [9.17, 15) is 9.59 Å². The lowest BCUT2D eigenvalue weighted by Gasteiger charge is -2.22. The lowest BCUT2D eigenvalue weighted by Crippen LogP contribution is -2.34. The van der Waals surface area contributed by atoms with Gasteiger partial charge in [0, 0.05) is 17.6 Å². The molecule has 0 spiro atoms. The van der Waals surface area contributed by atoms with Gasteiger partial charge in [-0.05, 0) is 43.7 Å². The molecule has 0 aliphatic rings. The fourth-order valence-corrected chi connectivity index (χ4v) is 3.45. The van der Waals surface area contributed by atoms with E-state index >= 15 is 0 Å². The fourth-order valence-electron chi connectivity index (χ4n) is 3.45. The van der Waals surface area contributed by atoms with Crippen molar-refractivity contribution < 1.29 is 9.21 Å². The number of aromatic nitrogens is 2. The Morgan fingerprint density at radius 3 is 2.43 bits per heavy atom. The summed E-state index contributed by atoms with van der Waals surface area (Å²) in [5, 5.41) is 5.51. The van der Waals surface area contributed by atoms with Gasteiger partial charge in [-0.3, -0.25) is 14.5 Å². The van der Waals surface area contributed by atoms with Crippen molar-refractivity contribution in [1.29, 1.82) is 0 Å². The summed E-state index contributed by atoms with van der Waals surface area (Å²) in [6, 6.07) is 18.5. The molecular weight excluding hydrogens is 378 g/mol. The molecule has 0 N–H and O–H groups in total. The Kier molecular flexibility index (Phi) is 5.48. The van der Waals surface area contributed by atoms with Crippen molar-refractivity contribution in [3.8, 4) is 0 Å². The molecule has 0 unspecified atom stereocenters. The molecular formula is C24H23N3O3. The number of rotatable bonds is 6. The molecule has 4 aromatic rings. The average Bonchev–Trinajstić information content (AvgIpc) is 3.28. The van der Waals surface area contributed by atoms with Crippen molar-refractivity contribution in [2.24, 2.45) is 0 Å². The number of fused-ring (bicyclic) bond motifs is 1. The smallest absolute Gasteiger partial charge is 0.279 e. The molecule has 0 radical (unpaired) electrons. The Hall–Kier alpha value is -3.67. The van der Waals surface area contributed by atoms with Gasteiger partial charge in [-0.25, -0.2) is 4.68 Å². The Labute approximate surface area is 174 Å². The van der Waals surface area contributed by atoms with E-state index < -0.39 is 0 Å². The molecule has 6 heteroatoms. The van der Waals surface area contributed by atoms with Crippen LogP contribution in [0.2, 0.25) is 0 Å². The minimum absolute atomic E-state index is 0.183. The highest BCUT2D eigenvalue weighted by Gasteiger charge is 2.24. The van der Waals surface area contributed by atoms with Gasteiger partial charge in [-0.2, -0.15) is 5.10 Å². The Morgan fingerprint density at radius 2 is 1.77 bits per heavy atom. The maximum atomic E-state index is 13.7. The van der Waals surface area contributed by atoms with Crippen molar-refractivity contribution in [2.75, 3.05) is 4.90 Å². The Bertz CT molecular complexity index is 1230. The summed E-state index contributed by atoms with van der Waals surface area (Å²) in [6.07, 6.45) is 2.33. The third-order valence-electron chi connectivity index (χ3n) is 4.99. The third kappa shape index (κ3) is 3.76. The van der Waals surface area contributed by atoms with Crippen LogP contribution in [0.15, 0.2) is 76.1 Å². The first-order valence-corrected chi connectivity index (χ1v) is 9.99. The van der Waals surface area contributed by atoms with Crippen LogP contribution in [0.3, 0.4) is 0 Å². The first-order valence-electron chi connectivity index (χ1n) is 9.99. The normalized spacial score (nSPS) is 11.0. The first kappa shape index (κ1) is 19.6. The number of amides is 1.